The van der Waals surface area contributed by atoms with Crippen LogP contribution in [0.5, 0.6) is 0 Å². The number of aryl methyl sites for hydroxylation is 1. The molecule has 1 aromatic carbocycles. The number of nitrogens with one attached hydrogen (secondary N) is 1. The molecule has 0 saturated heterocycles. The van der Waals surface area contributed by atoms with Crippen LogP contribution < -0.4 is 0 Å². The summed E-state index contributed by atoms with van der Waals surface area (Å²) in [5.74, 6) is 0.208. The summed E-state index contributed by atoms with van der Waals surface area (Å²) in [6.07, 6.45) is 8.89. The van der Waals surface area contributed by atoms with Gasteiger partial charge in [-0.1, -0.05) is 32.4 Å². The van der Waals surface area contributed by atoms with E-state index >= 15 is 0 Å². The van der Waals surface area contributed by atoms with Crippen molar-refractivity contribution in [1.29, 1.82) is 5.41 Å². The van der Waals surface area contributed by atoms with Gasteiger partial charge >= 0.3 is 0 Å². The number of unbranched alkanes of at least 4 members (excludes halogenated alkanes) is 1. The van der Waals surface area contributed by atoms with Crippen molar-refractivity contribution in [3.05, 3.63) is 40.5 Å². The second-order valence-corrected chi connectivity index (χ2v) is 6.91. The van der Waals surface area contributed by atoms with Gasteiger partial charge in [0.15, 0.2) is 0 Å². The molecule has 1 unspecified atom stereocenters. The standard InChI is InChI=1S/C22H29NO2/c1-4-6-7-19(25)9-11-20(15(3)24)21-10-8-17-12-18(14-23)16(5-2)13-22(17)21/h10,12-14,20,23H,4-9,11H2,1-3H3. The fraction of sp³-hybridized carbons (Fsp3) is 0.500. The lowest BCUT2D eigenvalue weighted by Gasteiger charge is -2.18. The summed E-state index contributed by atoms with van der Waals surface area (Å²) in [6.45, 7) is 5.80. The summed E-state index contributed by atoms with van der Waals surface area (Å²) in [5, 5.41) is 7.59. The molecule has 0 aromatic heterocycles. The van der Waals surface area contributed by atoms with Gasteiger partial charge in [0.25, 0.3) is 0 Å². The Kier molecular flexibility index (Phi) is 6.86. The van der Waals surface area contributed by atoms with E-state index in [1.54, 1.807) is 6.92 Å². The fourth-order valence-corrected chi connectivity index (χ4v) is 3.63. The average molecular weight is 339 g/mol. The Morgan fingerprint density at radius 1 is 1.24 bits per heavy atom. The Morgan fingerprint density at radius 2 is 2.00 bits per heavy atom. The van der Waals surface area contributed by atoms with E-state index in [2.05, 4.69) is 32.1 Å². The third-order valence-corrected chi connectivity index (χ3v) is 5.14. The average Bonchev–Trinajstić information content (AvgIpc) is 3.01. The van der Waals surface area contributed by atoms with E-state index in [9.17, 15) is 9.59 Å². The number of carbonyl (C=O) groups is 2. The fourth-order valence-electron chi connectivity index (χ4n) is 3.63. The minimum absolute atomic E-state index is 0.136. The first-order valence-corrected chi connectivity index (χ1v) is 9.40. The molecule has 1 aliphatic carbocycles. The quantitative estimate of drug-likeness (QED) is 0.614. The molecule has 134 valence electrons. The van der Waals surface area contributed by atoms with Gasteiger partial charge in [-0.3, -0.25) is 9.59 Å². The number of hydrogen-bond acceptors (Lipinski definition) is 3. The van der Waals surface area contributed by atoms with Gasteiger partial charge in [0.2, 0.25) is 0 Å². The first kappa shape index (κ1) is 19.3. The molecule has 3 heteroatoms. The number of Topliss-reactive ketones (excluding diaryl/α,β-unsaturated/α-hetero) is 2. The highest BCUT2D eigenvalue weighted by molar-refractivity contribution is 5.95. The number of hydrogen-bond donors (Lipinski definition) is 1. The first-order chi connectivity index (χ1) is 12.0. The molecule has 0 fully saturated rings. The number of ketones is 2. The zero-order valence-corrected chi connectivity index (χ0v) is 15.7. The van der Waals surface area contributed by atoms with Crippen molar-refractivity contribution in [2.24, 2.45) is 5.92 Å². The largest absolute Gasteiger partial charge is 0.308 e. The lowest BCUT2D eigenvalue weighted by atomic mass is 9.85. The number of allylic oxidation sites excluding steroid dienone is 2. The van der Waals surface area contributed by atoms with Crippen LogP contribution in [0.2, 0.25) is 0 Å². The third-order valence-electron chi connectivity index (χ3n) is 5.14. The summed E-state index contributed by atoms with van der Waals surface area (Å²) in [6, 6.07) is 4.22. The van der Waals surface area contributed by atoms with Crippen molar-refractivity contribution in [3.8, 4) is 0 Å². The van der Waals surface area contributed by atoms with Gasteiger partial charge in [0.05, 0.1) is 0 Å². The van der Waals surface area contributed by atoms with Crippen LogP contribution in [0.15, 0.2) is 18.2 Å². The Hall–Kier alpha value is -2.03. The molecule has 0 saturated carbocycles. The molecule has 0 radical (unpaired) electrons. The highest BCUT2D eigenvalue weighted by atomic mass is 16.1. The number of fused-ring (bicyclic) bond motifs is 1. The maximum Gasteiger partial charge on any atom is 0.137 e. The lowest BCUT2D eigenvalue weighted by molar-refractivity contribution is -0.120. The zero-order chi connectivity index (χ0) is 18.4. The lowest BCUT2D eigenvalue weighted by Crippen LogP contribution is -2.15. The Bertz CT molecular complexity index is 700. The predicted molar refractivity (Wildman–Crippen MR) is 103 cm³/mol. The van der Waals surface area contributed by atoms with Gasteiger partial charge < -0.3 is 5.41 Å². The van der Waals surface area contributed by atoms with E-state index in [0.717, 1.165) is 47.9 Å². The summed E-state index contributed by atoms with van der Waals surface area (Å²) in [5.41, 5.74) is 5.52. The smallest absolute Gasteiger partial charge is 0.137 e. The molecular formula is C22H29NO2. The topological polar surface area (TPSA) is 58.0 Å². The molecule has 0 bridgehead atoms. The number of carbonyl (C=O) groups excluding carboxylic acids is 2. The summed E-state index contributed by atoms with van der Waals surface area (Å²) in [7, 11) is 0. The van der Waals surface area contributed by atoms with Crippen LogP contribution >= 0.6 is 0 Å². The van der Waals surface area contributed by atoms with Crippen molar-refractivity contribution < 1.29 is 9.59 Å². The molecular weight excluding hydrogens is 310 g/mol. The van der Waals surface area contributed by atoms with Gasteiger partial charge in [0, 0.05) is 25.0 Å². The molecule has 1 N–H and O–H groups in total. The van der Waals surface area contributed by atoms with E-state index in [1.807, 2.05) is 0 Å². The van der Waals surface area contributed by atoms with Crippen LogP contribution in [0.1, 0.15) is 75.1 Å². The van der Waals surface area contributed by atoms with Crippen LogP contribution in [-0.2, 0) is 22.4 Å². The molecule has 1 atom stereocenters. The normalized spacial score (nSPS) is 14.0. The van der Waals surface area contributed by atoms with Crippen molar-refractivity contribution >= 4 is 23.4 Å². The highest BCUT2D eigenvalue weighted by Gasteiger charge is 2.26. The summed E-state index contributed by atoms with van der Waals surface area (Å²) >= 11 is 0. The molecule has 0 aliphatic heterocycles. The van der Waals surface area contributed by atoms with Crippen molar-refractivity contribution in [2.45, 2.75) is 65.7 Å². The summed E-state index contributed by atoms with van der Waals surface area (Å²) in [4.78, 5) is 24.3. The van der Waals surface area contributed by atoms with E-state index in [0.29, 0.717) is 19.3 Å². The van der Waals surface area contributed by atoms with Crippen molar-refractivity contribution in [3.63, 3.8) is 0 Å². The minimum Gasteiger partial charge on any atom is -0.308 e. The van der Waals surface area contributed by atoms with Gasteiger partial charge in [-0.05, 0) is 66.5 Å². The molecule has 3 nitrogen and oxygen atoms in total. The maximum absolute atomic E-state index is 12.3. The van der Waals surface area contributed by atoms with Gasteiger partial charge in [-0.2, -0.15) is 0 Å². The third kappa shape index (κ3) is 4.53. The molecule has 0 heterocycles. The summed E-state index contributed by atoms with van der Waals surface area (Å²) < 4.78 is 0. The van der Waals surface area contributed by atoms with Gasteiger partial charge in [-0.25, -0.2) is 0 Å². The first-order valence-electron chi connectivity index (χ1n) is 9.40. The number of rotatable bonds is 10. The van der Waals surface area contributed by atoms with E-state index in [-0.39, 0.29) is 17.5 Å². The Morgan fingerprint density at radius 3 is 2.60 bits per heavy atom. The SMILES string of the molecule is CCCCC(=O)CCC(C(C)=O)C1=CCc2cc(C=N)c(CC)cc21. The van der Waals surface area contributed by atoms with Gasteiger partial charge in [-0.15, -0.1) is 0 Å². The molecule has 0 spiro atoms. The highest BCUT2D eigenvalue weighted by Crippen LogP contribution is 2.37. The second kappa shape index (κ2) is 8.89. The van der Waals surface area contributed by atoms with Crippen LogP contribution in [0, 0.1) is 11.3 Å². The molecule has 25 heavy (non-hydrogen) atoms. The zero-order valence-electron chi connectivity index (χ0n) is 15.7. The van der Waals surface area contributed by atoms with Crippen LogP contribution in [-0.4, -0.2) is 17.8 Å². The Labute approximate surface area is 151 Å². The predicted octanol–water partition coefficient (Wildman–Crippen LogP) is 4.93. The Balaban J connectivity index is 2.21. The monoisotopic (exact) mass is 339 g/mol. The molecule has 1 aromatic rings. The van der Waals surface area contributed by atoms with Crippen LogP contribution in [0.4, 0.5) is 0 Å². The van der Waals surface area contributed by atoms with E-state index in [4.69, 9.17) is 5.41 Å². The van der Waals surface area contributed by atoms with Crippen LogP contribution in [0.3, 0.4) is 0 Å². The number of benzene rings is 1. The second-order valence-electron chi connectivity index (χ2n) is 6.91. The van der Waals surface area contributed by atoms with E-state index < -0.39 is 0 Å². The van der Waals surface area contributed by atoms with Crippen LogP contribution in [0.25, 0.3) is 5.57 Å². The molecule has 0 amide bonds. The molecule has 1 aliphatic rings. The minimum atomic E-state index is -0.192. The van der Waals surface area contributed by atoms with Crippen molar-refractivity contribution in [1.82, 2.24) is 0 Å². The molecule has 2 rings (SSSR count). The maximum atomic E-state index is 12.3. The van der Waals surface area contributed by atoms with E-state index in [1.165, 1.54) is 11.8 Å². The van der Waals surface area contributed by atoms with Gasteiger partial charge in [0.1, 0.15) is 11.6 Å². The van der Waals surface area contributed by atoms with Crippen molar-refractivity contribution in [2.75, 3.05) is 0 Å².